The van der Waals surface area contributed by atoms with Crippen LogP contribution < -0.4 is 14.8 Å². The number of nitrogens with one attached hydrogen (secondary N) is 1. The summed E-state index contributed by atoms with van der Waals surface area (Å²) in [5.74, 6) is 0.250. The van der Waals surface area contributed by atoms with Gasteiger partial charge in [-0.3, -0.25) is 10.1 Å². The number of nitrogens with zero attached hydrogens (tertiary/aromatic N) is 5. The molecule has 0 unspecified atom stereocenters. The number of aryl methyl sites for hydroxylation is 1. The maximum absolute atomic E-state index is 13.9. The number of ether oxygens (including phenoxy) is 2. The second-order valence-corrected chi connectivity index (χ2v) is 6.56. The summed E-state index contributed by atoms with van der Waals surface area (Å²) in [5.41, 5.74) is 1.16. The Morgan fingerprint density at radius 1 is 1.16 bits per heavy atom. The van der Waals surface area contributed by atoms with Crippen molar-refractivity contribution in [2.24, 2.45) is 7.05 Å². The van der Waals surface area contributed by atoms with Crippen LogP contribution in [-0.4, -0.2) is 38.7 Å². The van der Waals surface area contributed by atoms with Crippen LogP contribution in [0.1, 0.15) is 0 Å². The van der Waals surface area contributed by atoms with E-state index in [1.165, 1.54) is 13.4 Å². The van der Waals surface area contributed by atoms with Crippen molar-refractivity contribution < 1.29 is 18.8 Å². The van der Waals surface area contributed by atoms with Crippen molar-refractivity contribution in [3.05, 3.63) is 58.8 Å². The maximum atomic E-state index is 13.9. The smallest absolute Gasteiger partial charge is 0.307 e. The van der Waals surface area contributed by atoms with Gasteiger partial charge >= 0.3 is 5.69 Å². The first-order valence-electron chi connectivity index (χ1n) is 9.02. The highest BCUT2D eigenvalue weighted by molar-refractivity contribution is 5.95. The van der Waals surface area contributed by atoms with Crippen molar-refractivity contribution in [3.8, 4) is 22.9 Å². The van der Waals surface area contributed by atoms with Gasteiger partial charge in [-0.15, -0.1) is 0 Å². The summed E-state index contributed by atoms with van der Waals surface area (Å²) in [6, 6.07) is 7.63. The number of halogens is 1. The molecule has 2 heterocycles. The Morgan fingerprint density at radius 3 is 2.68 bits per heavy atom. The molecule has 0 fully saturated rings. The van der Waals surface area contributed by atoms with E-state index in [4.69, 9.17) is 9.47 Å². The average Bonchev–Trinajstić information content (AvgIpc) is 3.10. The first kappa shape index (κ1) is 20.0. The van der Waals surface area contributed by atoms with E-state index in [0.29, 0.717) is 11.6 Å². The largest absolute Gasteiger partial charge is 0.497 e. The summed E-state index contributed by atoms with van der Waals surface area (Å²) < 4.78 is 26.3. The van der Waals surface area contributed by atoms with Gasteiger partial charge < -0.3 is 19.4 Å². The Balaban J connectivity index is 1.76. The van der Waals surface area contributed by atoms with Crippen LogP contribution >= 0.6 is 0 Å². The molecule has 0 radical (unpaired) electrons. The molecule has 0 saturated carbocycles. The second-order valence-electron chi connectivity index (χ2n) is 6.56. The van der Waals surface area contributed by atoms with Gasteiger partial charge in [-0.2, -0.15) is 9.37 Å². The fourth-order valence-electron chi connectivity index (χ4n) is 3.23. The zero-order chi connectivity index (χ0) is 22.1. The molecular formula is C20H17FN6O4. The van der Waals surface area contributed by atoms with Crippen LogP contribution in [0.5, 0.6) is 11.5 Å². The maximum Gasteiger partial charge on any atom is 0.307 e. The van der Waals surface area contributed by atoms with E-state index < -0.39 is 16.4 Å². The quantitative estimate of drug-likeness (QED) is 0.366. The SMILES string of the molecule is COc1ccc2c(c1)c(-c1ncnc(Nc3cc([N+](=O)[O-])c(F)cc3OC)n1)cn2C. The van der Waals surface area contributed by atoms with E-state index in [1.54, 1.807) is 7.11 Å². The van der Waals surface area contributed by atoms with Crippen molar-refractivity contribution in [1.29, 1.82) is 0 Å². The van der Waals surface area contributed by atoms with Crippen LogP contribution in [0, 0.1) is 15.9 Å². The first-order chi connectivity index (χ1) is 14.9. The first-order valence-corrected chi connectivity index (χ1v) is 9.02. The Bertz CT molecular complexity index is 1310. The monoisotopic (exact) mass is 424 g/mol. The molecule has 0 aliphatic carbocycles. The Hall–Kier alpha value is -4.28. The number of fused-ring (bicyclic) bond motifs is 1. The summed E-state index contributed by atoms with van der Waals surface area (Å²) in [4.78, 5) is 23.0. The van der Waals surface area contributed by atoms with Crippen LogP contribution in [0.15, 0.2) is 42.9 Å². The molecule has 4 rings (SSSR count). The van der Waals surface area contributed by atoms with Crippen molar-refractivity contribution in [1.82, 2.24) is 19.5 Å². The highest BCUT2D eigenvalue weighted by Crippen LogP contribution is 2.34. The molecule has 4 aromatic rings. The van der Waals surface area contributed by atoms with Crippen LogP contribution in [-0.2, 0) is 7.05 Å². The Kier molecular flexibility index (Phi) is 5.07. The van der Waals surface area contributed by atoms with Crippen molar-refractivity contribution >= 4 is 28.2 Å². The minimum Gasteiger partial charge on any atom is -0.497 e. The minimum atomic E-state index is -1.01. The zero-order valence-electron chi connectivity index (χ0n) is 16.8. The molecular weight excluding hydrogens is 407 g/mol. The van der Waals surface area contributed by atoms with Crippen molar-refractivity contribution in [2.45, 2.75) is 0 Å². The molecule has 2 aromatic heterocycles. The number of rotatable bonds is 6. The van der Waals surface area contributed by atoms with Gasteiger partial charge in [0.2, 0.25) is 11.8 Å². The van der Waals surface area contributed by atoms with Gasteiger partial charge in [0, 0.05) is 41.8 Å². The third-order valence-electron chi connectivity index (χ3n) is 4.72. The summed E-state index contributed by atoms with van der Waals surface area (Å²) in [6.45, 7) is 0. The lowest BCUT2D eigenvalue weighted by Crippen LogP contribution is -2.03. The van der Waals surface area contributed by atoms with Crippen LogP contribution in [0.3, 0.4) is 0 Å². The molecule has 1 N–H and O–H groups in total. The van der Waals surface area contributed by atoms with E-state index >= 15 is 0 Å². The molecule has 0 amide bonds. The Labute approximate surface area is 175 Å². The summed E-state index contributed by atoms with van der Waals surface area (Å²) >= 11 is 0. The fourth-order valence-corrected chi connectivity index (χ4v) is 3.23. The number of aromatic nitrogens is 4. The normalized spacial score (nSPS) is 10.8. The van der Waals surface area contributed by atoms with Gasteiger partial charge in [-0.1, -0.05) is 0 Å². The molecule has 11 heteroatoms. The molecule has 158 valence electrons. The van der Waals surface area contributed by atoms with E-state index in [1.807, 2.05) is 36.0 Å². The molecule has 2 aromatic carbocycles. The predicted octanol–water partition coefficient (Wildman–Crippen LogP) is 3.84. The van der Waals surface area contributed by atoms with Gasteiger partial charge in [0.15, 0.2) is 5.82 Å². The number of nitro groups is 1. The highest BCUT2D eigenvalue weighted by Gasteiger charge is 2.20. The number of methoxy groups -OCH3 is 2. The molecule has 0 saturated heterocycles. The third kappa shape index (κ3) is 3.68. The molecule has 0 atom stereocenters. The van der Waals surface area contributed by atoms with Crippen molar-refractivity contribution in [3.63, 3.8) is 0 Å². The van der Waals surface area contributed by atoms with Crippen molar-refractivity contribution in [2.75, 3.05) is 19.5 Å². The van der Waals surface area contributed by atoms with E-state index in [-0.39, 0.29) is 17.4 Å². The van der Waals surface area contributed by atoms with E-state index in [0.717, 1.165) is 28.6 Å². The lowest BCUT2D eigenvalue weighted by molar-refractivity contribution is -0.387. The Morgan fingerprint density at radius 2 is 1.97 bits per heavy atom. The minimum absolute atomic E-state index is 0.0694. The average molecular weight is 424 g/mol. The van der Waals surface area contributed by atoms with E-state index in [9.17, 15) is 14.5 Å². The molecule has 0 spiro atoms. The topological polar surface area (TPSA) is 117 Å². The van der Waals surface area contributed by atoms with Gasteiger partial charge in [-0.25, -0.2) is 9.97 Å². The summed E-state index contributed by atoms with van der Waals surface area (Å²) in [7, 11) is 4.82. The number of hydrogen-bond acceptors (Lipinski definition) is 8. The fraction of sp³-hybridized carbons (Fsp3) is 0.150. The summed E-state index contributed by atoms with van der Waals surface area (Å²) in [5, 5.41) is 14.8. The molecule has 10 nitrogen and oxygen atoms in total. The molecule has 0 aliphatic heterocycles. The lowest BCUT2D eigenvalue weighted by Gasteiger charge is -2.10. The van der Waals surface area contributed by atoms with Crippen LogP contribution in [0.4, 0.5) is 21.7 Å². The van der Waals surface area contributed by atoms with Gasteiger partial charge in [0.25, 0.3) is 0 Å². The standard InChI is InChI=1S/C20H17FN6O4/c1-26-9-13(12-6-11(30-2)4-5-16(12)26)19-22-10-23-20(25-19)24-15-8-17(27(28)29)14(21)7-18(15)31-3/h4-10H,1-3H3,(H,22,23,24,25). The van der Waals surface area contributed by atoms with Gasteiger partial charge in [0.05, 0.1) is 24.8 Å². The molecule has 31 heavy (non-hydrogen) atoms. The number of anilines is 2. The van der Waals surface area contributed by atoms with E-state index in [2.05, 4.69) is 20.3 Å². The van der Waals surface area contributed by atoms with Gasteiger partial charge in [-0.05, 0) is 18.2 Å². The third-order valence-corrected chi connectivity index (χ3v) is 4.72. The number of hydrogen-bond donors (Lipinski definition) is 1. The highest BCUT2D eigenvalue weighted by atomic mass is 19.1. The summed E-state index contributed by atoms with van der Waals surface area (Å²) in [6.07, 6.45) is 3.20. The predicted molar refractivity (Wildman–Crippen MR) is 111 cm³/mol. The zero-order valence-corrected chi connectivity index (χ0v) is 16.8. The van der Waals surface area contributed by atoms with Gasteiger partial charge in [0.1, 0.15) is 17.8 Å². The molecule has 0 aliphatic rings. The number of benzene rings is 2. The van der Waals surface area contributed by atoms with Crippen LogP contribution in [0.2, 0.25) is 0 Å². The lowest BCUT2D eigenvalue weighted by atomic mass is 10.1. The number of nitro benzene ring substituents is 1. The second kappa shape index (κ2) is 7.86. The van der Waals surface area contributed by atoms with Crippen LogP contribution in [0.25, 0.3) is 22.3 Å². The molecule has 0 bridgehead atoms.